The molecule has 0 bridgehead atoms. The first kappa shape index (κ1) is 15.7. The predicted molar refractivity (Wildman–Crippen MR) is 85.2 cm³/mol. The van der Waals surface area contributed by atoms with E-state index in [0.29, 0.717) is 11.3 Å². The van der Waals surface area contributed by atoms with Gasteiger partial charge in [0.1, 0.15) is 0 Å². The van der Waals surface area contributed by atoms with Crippen LogP contribution >= 0.6 is 0 Å². The first-order chi connectivity index (χ1) is 10.5. The number of benzene rings is 2. The third kappa shape index (κ3) is 4.17. The highest BCUT2D eigenvalue weighted by molar-refractivity contribution is 6.04. The summed E-state index contributed by atoms with van der Waals surface area (Å²) in [6.07, 6.45) is 0. The van der Waals surface area contributed by atoms with E-state index in [9.17, 15) is 9.59 Å². The Hall–Kier alpha value is -2.66. The Morgan fingerprint density at radius 2 is 1.73 bits per heavy atom. The lowest BCUT2D eigenvalue weighted by Gasteiger charge is -2.11. The summed E-state index contributed by atoms with van der Waals surface area (Å²) in [5.41, 5.74) is 2.37. The van der Waals surface area contributed by atoms with Gasteiger partial charge in [-0.2, -0.15) is 0 Å². The Labute approximate surface area is 129 Å². The maximum absolute atomic E-state index is 12.2. The third-order valence-corrected chi connectivity index (χ3v) is 3.08. The van der Waals surface area contributed by atoms with Crippen LogP contribution in [0.5, 0.6) is 0 Å². The molecular weight excluding hydrogens is 280 g/mol. The van der Waals surface area contributed by atoms with Crippen molar-refractivity contribution in [2.75, 3.05) is 19.4 Å². The standard InChI is InChI=1S/C17H18N2O3/c1-19(2)11-12-4-3-5-14(10-12)16(20)18-15-8-6-13(7-9-15)17(21)22/h3-10H,11H2,1-2H3,(H,18,20)(H,21,22). The molecule has 0 fully saturated rings. The summed E-state index contributed by atoms with van der Waals surface area (Å²) in [4.78, 5) is 25.0. The highest BCUT2D eigenvalue weighted by atomic mass is 16.4. The number of carboxylic acid groups (broad SMARTS) is 1. The van der Waals surface area contributed by atoms with Crippen LogP contribution in [0.3, 0.4) is 0 Å². The maximum atomic E-state index is 12.2. The highest BCUT2D eigenvalue weighted by Crippen LogP contribution is 2.13. The van der Waals surface area contributed by atoms with E-state index in [1.807, 2.05) is 37.2 Å². The number of hydrogen-bond acceptors (Lipinski definition) is 3. The number of carboxylic acids is 1. The van der Waals surface area contributed by atoms with Crippen molar-refractivity contribution in [3.8, 4) is 0 Å². The van der Waals surface area contributed by atoms with E-state index >= 15 is 0 Å². The van der Waals surface area contributed by atoms with E-state index in [2.05, 4.69) is 5.32 Å². The summed E-state index contributed by atoms with van der Waals surface area (Å²) < 4.78 is 0. The summed E-state index contributed by atoms with van der Waals surface area (Å²) >= 11 is 0. The molecule has 0 aromatic heterocycles. The molecule has 0 aliphatic rings. The molecule has 0 aliphatic heterocycles. The molecule has 2 aromatic carbocycles. The van der Waals surface area contributed by atoms with Crippen molar-refractivity contribution < 1.29 is 14.7 Å². The van der Waals surface area contributed by atoms with Gasteiger partial charge in [-0.05, 0) is 56.1 Å². The molecule has 5 nitrogen and oxygen atoms in total. The van der Waals surface area contributed by atoms with Crippen molar-refractivity contribution in [1.29, 1.82) is 0 Å². The Balaban J connectivity index is 2.10. The van der Waals surface area contributed by atoms with Crippen LogP contribution in [0.15, 0.2) is 48.5 Å². The van der Waals surface area contributed by atoms with Crippen LogP contribution in [-0.2, 0) is 6.54 Å². The van der Waals surface area contributed by atoms with Crippen LogP contribution < -0.4 is 5.32 Å². The van der Waals surface area contributed by atoms with Gasteiger partial charge < -0.3 is 15.3 Å². The molecule has 0 unspecified atom stereocenters. The second kappa shape index (κ2) is 6.87. The summed E-state index contributed by atoms with van der Waals surface area (Å²) in [6, 6.07) is 13.5. The number of nitrogens with zero attached hydrogens (tertiary/aromatic N) is 1. The van der Waals surface area contributed by atoms with Crippen LogP contribution in [0.4, 0.5) is 5.69 Å². The molecule has 0 spiro atoms. The normalized spacial score (nSPS) is 10.5. The van der Waals surface area contributed by atoms with Crippen LogP contribution in [0, 0.1) is 0 Å². The zero-order chi connectivity index (χ0) is 16.1. The fourth-order valence-electron chi connectivity index (χ4n) is 2.08. The second-order valence-electron chi connectivity index (χ2n) is 5.27. The molecule has 1 amide bonds. The topological polar surface area (TPSA) is 69.6 Å². The van der Waals surface area contributed by atoms with E-state index in [-0.39, 0.29) is 11.5 Å². The van der Waals surface area contributed by atoms with Crippen molar-refractivity contribution in [3.05, 3.63) is 65.2 Å². The van der Waals surface area contributed by atoms with Gasteiger partial charge in [0.05, 0.1) is 5.56 Å². The van der Waals surface area contributed by atoms with Gasteiger partial charge in [-0.25, -0.2) is 4.79 Å². The Morgan fingerprint density at radius 1 is 1.05 bits per heavy atom. The molecule has 0 atom stereocenters. The van der Waals surface area contributed by atoms with Crippen molar-refractivity contribution >= 4 is 17.6 Å². The van der Waals surface area contributed by atoms with Crippen molar-refractivity contribution in [2.45, 2.75) is 6.54 Å². The SMILES string of the molecule is CN(C)Cc1cccc(C(=O)Nc2ccc(C(=O)O)cc2)c1. The lowest BCUT2D eigenvalue weighted by molar-refractivity contribution is 0.0696. The van der Waals surface area contributed by atoms with Crippen molar-refractivity contribution in [2.24, 2.45) is 0 Å². The molecule has 2 N–H and O–H groups in total. The van der Waals surface area contributed by atoms with Gasteiger partial charge in [0, 0.05) is 17.8 Å². The molecule has 0 saturated carbocycles. The van der Waals surface area contributed by atoms with E-state index < -0.39 is 5.97 Å². The van der Waals surface area contributed by atoms with E-state index in [1.165, 1.54) is 12.1 Å². The Morgan fingerprint density at radius 3 is 2.32 bits per heavy atom. The minimum Gasteiger partial charge on any atom is -0.478 e. The van der Waals surface area contributed by atoms with Gasteiger partial charge in [0.15, 0.2) is 0 Å². The monoisotopic (exact) mass is 298 g/mol. The predicted octanol–water partition coefficient (Wildman–Crippen LogP) is 2.70. The zero-order valence-corrected chi connectivity index (χ0v) is 12.5. The fourth-order valence-corrected chi connectivity index (χ4v) is 2.08. The van der Waals surface area contributed by atoms with Gasteiger partial charge in [0.2, 0.25) is 0 Å². The zero-order valence-electron chi connectivity index (χ0n) is 12.5. The lowest BCUT2D eigenvalue weighted by atomic mass is 10.1. The van der Waals surface area contributed by atoms with E-state index in [0.717, 1.165) is 12.1 Å². The summed E-state index contributed by atoms with van der Waals surface area (Å²) in [6.45, 7) is 0.758. The number of carbonyl (C=O) groups is 2. The number of anilines is 1. The summed E-state index contributed by atoms with van der Waals surface area (Å²) in [7, 11) is 3.94. The van der Waals surface area contributed by atoms with Crippen LogP contribution in [0.25, 0.3) is 0 Å². The Kier molecular flexibility index (Phi) is 4.91. The lowest BCUT2D eigenvalue weighted by Crippen LogP contribution is -2.14. The number of amides is 1. The quantitative estimate of drug-likeness (QED) is 0.890. The molecular formula is C17H18N2O3. The summed E-state index contributed by atoms with van der Waals surface area (Å²) in [5.74, 6) is -1.21. The first-order valence-electron chi connectivity index (χ1n) is 6.84. The largest absolute Gasteiger partial charge is 0.478 e. The fraction of sp³-hybridized carbons (Fsp3) is 0.176. The first-order valence-corrected chi connectivity index (χ1v) is 6.84. The van der Waals surface area contributed by atoms with E-state index in [4.69, 9.17) is 5.11 Å². The van der Waals surface area contributed by atoms with Crippen molar-refractivity contribution in [1.82, 2.24) is 4.90 Å². The average molecular weight is 298 g/mol. The minimum absolute atomic E-state index is 0.186. The average Bonchev–Trinajstić information content (AvgIpc) is 2.47. The minimum atomic E-state index is -0.991. The van der Waals surface area contributed by atoms with E-state index in [1.54, 1.807) is 18.2 Å². The smallest absolute Gasteiger partial charge is 0.335 e. The molecule has 2 rings (SSSR count). The molecule has 5 heteroatoms. The van der Waals surface area contributed by atoms with Gasteiger partial charge in [0.25, 0.3) is 5.91 Å². The third-order valence-electron chi connectivity index (χ3n) is 3.08. The van der Waals surface area contributed by atoms with Crippen LogP contribution in [0.2, 0.25) is 0 Å². The molecule has 22 heavy (non-hydrogen) atoms. The van der Waals surface area contributed by atoms with Crippen molar-refractivity contribution in [3.63, 3.8) is 0 Å². The van der Waals surface area contributed by atoms with Gasteiger partial charge in [-0.3, -0.25) is 4.79 Å². The second-order valence-corrected chi connectivity index (χ2v) is 5.27. The summed E-state index contributed by atoms with van der Waals surface area (Å²) in [5, 5.41) is 11.6. The molecule has 2 aromatic rings. The number of aromatic carboxylic acids is 1. The molecule has 0 saturated heterocycles. The van der Waals surface area contributed by atoms with Gasteiger partial charge in [-0.15, -0.1) is 0 Å². The highest BCUT2D eigenvalue weighted by Gasteiger charge is 2.08. The number of nitrogens with one attached hydrogen (secondary N) is 1. The molecule has 0 heterocycles. The van der Waals surface area contributed by atoms with Crippen LogP contribution in [-0.4, -0.2) is 36.0 Å². The number of carbonyl (C=O) groups excluding carboxylic acids is 1. The number of rotatable bonds is 5. The maximum Gasteiger partial charge on any atom is 0.335 e. The molecule has 0 aliphatic carbocycles. The van der Waals surface area contributed by atoms with Gasteiger partial charge >= 0.3 is 5.97 Å². The molecule has 0 radical (unpaired) electrons. The molecule has 114 valence electrons. The number of hydrogen-bond donors (Lipinski definition) is 2. The van der Waals surface area contributed by atoms with Gasteiger partial charge in [-0.1, -0.05) is 12.1 Å². The van der Waals surface area contributed by atoms with Crippen LogP contribution in [0.1, 0.15) is 26.3 Å². The Bertz CT molecular complexity index is 679.